The monoisotopic (exact) mass is 445 g/mol. The normalized spacial score (nSPS) is 42.5. The standard InChI is InChI=1S/C27H43NO2S/c1-24(2,3)16-25(4,5)28-23(30)20-10-9-18-17-8-11-21-27(7,15-13-22(29)31-21)19(17)12-14-26(18,20)6/h13,15,17-21H,8-12,14,16H2,1-7H3,(H,28,30)/t17-,18-,19+,20?,21?,26-,27+/m0/s1. The Morgan fingerprint density at radius 1 is 1.06 bits per heavy atom. The summed E-state index contributed by atoms with van der Waals surface area (Å²) in [6.45, 7) is 15.9. The first kappa shape index (κ1) is 23.4. The molecule has 1 N–H and O–H groups in total. The Labute approximate surface area is 194 Å². The minimum Gasteiger partial charge on any atom is -0.351 e. The molecular formula is C27H43NO2S. The molecule has 4 aliphatic rings. The Balaban J connectivity index is 1.51. The van der Waals surface area contributed by atoms with E-state index in [-0.39, 0.29) is 38.7 Å². The lowest BCUT2D eigenvalue weighted by Crippen LogP contribution is -2.55. The van der Waals surface area contributed by atoms with Crippen LogP contribution in [0.15, 0.2) is 12.2 Å². The van der Waals surface area contributed by atoms with E-state index < -0.39 is 0 Å². The SMILES string of the molecule is CC(C)(C)CC(C)(C)NC(=O)C1CC[C@H]2[C@@H]3CCC4SC(=O)C=C[C@]4(C)[C@@H]3CC[C@]12C. The maximum atomic E-state index is 13.5. The molecule has 1 amide bonds. The van der Waals surface area contributed by atoms with Crippen LogP contribution in [0.1, 0.15) is 93.4 Å². The zero-order valence-electron chi connectivity index (χ0n) is 20.7. The molecule has 0 aromatic heterocycles. The molecule has 0 radical (unpaired) electrons. The van der Waals surface area contributed by atoms with E-state index in [1.807, 2.05) is 6.08 Å². The van der Waals surface area contributed by atoms with Gasteiger partial charge in [0.15, 0.2) is 0 Å². The van der Waals surface area contributed by atoms with Gasteiger partial charge in [-0.2, -0.15) is 0 Å². The van der Waals surface area contributed by atoms with Gasteiger partial charge in [0.1, 0.15) is 0 Å². The van der Waals surface area contributed by atoms with Crippen LogP contribution in [-0.4, -0.2) is 21.8 Å². The molecule has 2 unspecified atom stereocenters. The van der Waals surface area contributed by atoms with E-state index in [9.17, 15) is 9.59 Å². The summed E-state index contributed by atoms with van der Waals surface area (Å²) < 4.78 is 0. The van der Waals surface area contributed by atoms with Gasteiger partial charge in [0.25, 0.3) is 0 Å². The molecule has 4 rings (SSSR count). The molecule has 31 heavy (non-hydrogen) atoms. The van der Waals surface area contributed by atoms with Crippen molar-refractivity contribution in [2.45, 2.75) is 104 Å². The van der Waals surface area contributed by atoms with Gasteiger partial charge >= 0.3 is 0 Å². The van der Waals surface area contributed by atoms with Crippen molar-refractivity contribution in [2.24, 2.45) is 39.9 Å². The van der Waals surface area contributed by atoms with E-state index in [1.165, 1.54) is 19.3 Å². The van der Waals surface area contributed by atoms with E-state index >= 15 is 0 Å². The van der Waals surface area contributed by atoms with Gasteiger partial charge in [-0.25, -0.2) is 0 Å². The highest BCUT2D eigenvalue weighted by Crippen LogP contribution is 2.66. The van der Waals surface area contributed by atoms with E-state index in [0.29, 0.717) is 23.0 Å². The van der Waals surface area contributed by atoms with Gasteiger partial charge in [-0.15, -0.1) is 0 Å². The summed E-state index contributed by atoms with van der Waals surface area (Å²) in [6.07, 6.45) is 12.0. The third-order valence-electron chi connectivity index (χ3n) is 9.28. The molecule has 1 aliphatic heterocycles. The highest BCUT2D eigenvalue weighted by Gasteiger charge is 2.61. The lowest BCUT2D eigenvalue weighted by molar-refractivity contribution is -0.134. The molecule has 0 spiro atoms. The van der Waals surface area contributed by atoms with Crippen LogP contribution in [0.4, 0.5) is 0 Å². The molecule has 0 aromatic rings. The Hall–Kier alpha value is -0.770. The fourth-order valence-corrected chi connectivity index (χ4v) is 9.61. The lowest BCUT2D eigenvalue weighted by Gasteiger charge is -2.58. The summed E-state index contributed by atoms with van der Waals surface area (Å²) in [5.74, 6) is 2.41. The molecule has 0 saturated heterocycles. The van der Waals surface area contributed by atoms with Gasteiger partial charge in [0, 0.05) is 22.1 Å². The predicted molar refractivity (Wildman–Crippen MR) is 130 cm³/mol. The molecule has 1 heterocycles. The Morgan fingerprint density at radius 2 is 1.77 bits per heavy atom. The second-order valence-corrected chi connectivity index (χ2v) is 14.6. The van der Waals surface area contributed by atoms with Crippen LogP contribution in [0.3, 0.4) is 0 Å². The summed E-state index contributed by atoms with van der Waals surface area (Å²) in [5.41, 5.74) is 0.270. The predicted octanol–water partition coefficient (Wildman–Crippen LogP) is 6.37. The van der Waals surface area contributed by atoms with E-state index in [4.69, 9.17) is 0 Å². The third kappa shape index (κ3) is 4.15. The zero-order chi connectivity index (χ0) is 22.8. The molecule has 4 heteroatoms. The van der Waals surface area contributed by atoms with Crippen molar-refractivity contribution in [2.75, 3.05) is 0 Å². The lowest BCUT2D eigenvalue weighted by atomic mass is 9.49. The molecule has 3 aliphatic carbocycles. The second-order valence-electron chi connectivity index (χ2n) is 13.4. The van der Waals surface area contributed by atoms with Crippen LogP contribution in [0.25, 0.3) is 0 Å². The van der Waals surface area contributed by atoms with Crippen molar-refractivity contribution < 1.29 is 9.59 Å². The van der Waals surface area contributed by atoms with Gasteiger partial charge < -0.3 is 5.32 Å². The van der Waals surface area contributed by atoms with Crippen molar-refractivity contribution in [3.63, 3.8) is 0 Å². The Bertz CT molecular complexity index is 781. The topological polar surface area (TPSA) is 46.2 Å². The number of hydrogen-bond donors (Lipinski definition) is 1. The van der Waals surface area contributed by atoms with Crippen LogP contribution >= 0.6 is 11.8 Å². The molecule has 7 atom stereocenters. The molecule has 3 nitrogen and oxygen atoms in total. The first-order valence-electron chi connectivity index (χ1n) is 12.5. The maximum absolute atomic E-state index is 13.5. The van der Waals surface area contributed by atoms with Gasteiger partial charge in [-0.05, 0) is 93.5 Å². The molecule has 174 valence electrons. The number of hydrogen-bond acceptors (Lipinski definition) is 3. The first-order valence-corrected chi connectivity index (χ1v) is 13.4. The number of amides is 1. The van der Waals surface area contributed by atoms with Gasteiger partial charge in [-0.3, -0.25) is 9.59 Å². The molecule has 0 bridgehead atoms. The summed E-state index contributed by atoms with van der Waals surface area (Å²) in [7, 11) is 0. The Morgan fingerprint density at radius 3 is 2.45 bits per heavy atom. The fourth-order valence-electron chi connectivity index (χ4n) is 8.42. The van der Waals surface area contributed by atoms with E-state index in [2.05, 4.69) is 59.9 Å². The van der Waals surface area contributed by atoms with Crippen molar-refractivity contribution in [3.8, 4) is 0 Å². The van der Waals surface area contributed by atoms with Gasteiger partial charge in [0.2, 0.25) is 11.0 Å². The minimum atomic E-state index is -0.177. The average molecular weight is 446 g/mol. The number of allylic oxidation sites excluding steroid dienone is 1. The zero-order valence-corrected chi connectivity index (χ0v) is 21.5. The van der Waals surface area contributed by atoms with Crippen LogP contribution in [0, 0.1) is 39.9 Å². The van der Waals surface area contributed by atoms with E-state index in [1.54, 1.807) is 11.8 Å². The van der Waals surface area contributed by atoms with E-state index in [0.717, 1.165) is 25.7 Å². The number of carbonyl (C=O) groups is 2. The van der Waals surface area contributed by atoms with Crippen LogP contribution in [0.2, 0.25) is 0 Å². The van der Waals surface area contributed by atoms with Crippen molar-refractivity contribution in [1.29, 1.82) is 0 Å². The average Bonchev–Trinajstić information content (AvgIpc) is 2.97. The van der Waals surface area contributed by atoms with Gasteiger partial charge in [-0.1, -0.05) is 52.5 Å². The largest absolute Gasteiger partial charge is 0.351 e. The van der Waals surface area contributed by atoms with Crippen molar-refractivity contribution in [3.05, 3.63) is 12.2 Å². The summed E-state index contributed by atoms with van der Waals surface area (Å²) in [6, 6.07) is 0. The second kappa shape index (κ2) is 7.64. The fraction of sp³-hybridized carbons (Fsp3) is 0.852. The number of nitrogens with one attached hydrogen (secondary N) is 1. The summed E-state index contributed by atoms with van der Waals surface area (Å²) in [4.78, 5) is 25.5. The highest BCUT2D eigenvalue weighted by molar-refractivity contribution is 8.14. The smallest absolute Gasteiger partial charge is 0.224 e. The van der Waals surface area contributed by atoms with Crippen LogP contribution in [0.5, 0.6) is 0 Å². The number of carbonyl (C=O) groups excluding carboxylic acids is 2. The molecule has 3 fully saturated rings. The van der Waals surface area contributed by atoms with Crippen LogP contribution in [-0.2, 0) is 9.59 Å². The molecular weight excluding hydrogens is 402 g/mol. The first-order chi connectivity index (χ1) is 14.3. The molecule has 0 aromatic carbocycles. The highest BCUT2D eigenvalue weighted by atomic mass is 32.2. The number of fused-ring (bicyclic) bond motifs is 5. The molecule has 3 saturated carbocycles. The quantitative estimate of drug-likeness (QED) is 0.548. The third-order valence-corrected chi connectivity index (χ3v) is 10.7. The summed E-state index contributed by atoms with van der Waals surface area (Å²) >= 11 is 1.58. The van der Waals surface area contributed by atoms with Crippen molar-refractivity contribution >= 4 is 22.8 Å². The number of rotatable bonds is 3. The Kier molecular flexibility index (Phi) is 5.76. The number of thioether (sulfide) groups is 1. The van der Waals surface area contributed by atoms with Crippen molar-refractivity contribution in [1.82, 2.24) is 5.32 Å². The maximum Gasteiger partial charge on any atom is 0.224 e. The van der Waals surface area contributed by atoms with Gasteiger partial charge in [0.05, 0.1) is 0 Å². The summed E-state index contributed by atoms with van der Waals surface area (Å²) in [5, 5.41) is 4.12. The minimum absolute atomic E-state index is 0.119. The van der Waals surface area contributed by atoms with Crippen LogP contribution < -0.4 is 5.32 Å².